The lowest BCUT2D eigenvalue weighted by Gasteiger charge is -2.35. The molecule has 1 atom stereocenters. The van der Waals surface area contributed by atoms with Crippen LogP contribution in [0.4, 0.5) is 5.69 Å². The second kappa shape index (κ2) is 9.58. The van der Waals surface area contributed by atoms with E-state index in [0.717, 1.165) is 37.0 Å². The summed E-state index contributed by atoms with van der Waals surface area (Å²) in [5.41, 5.74) is 3.59. The molecule has 0 saturated carbocycles. The number of nitrogens with zero attached hydrogens (tertiary/aromatic N) is 2. The zero-order chi connectivity index (χ0) is 24.5. The van der Waals surface area contributed by atoms with Crippen LogP contribution in [-0.2, 0) is 33.3 Å². The molecule has 2 heterocycles. The molecule has 1 fully saturated rings. The van der Waals surface area contributed by atoms with Gasteiger partial charge in [-0.05, 0) is 60.2 Å². The fourth-order valence-corrected chi connectivity index (χ4v) is 5.34. The Bertz CT molecular complexity index is 1130. The Morgan fingerprint density at radius 3 is 2.32 bits per heavy atom. The predicted molar refractivity (Wildman–Crippen MR) is 135 cm³/mol. The van der Waals surface area contributed by atoms with Crippen molar-refractivity contribution >= 4 is 21.6 Å². The Morgan fingerprint density at radius 2 is 1.71 bits per heavy atom. The van der Waals surface area contributed by atoms with E-state index < -0.39 is 16.1 Å². The van der Waals surface area contributed by atoms with Crippen molar-refractivity contribution in [3.63, 3.8) is 0 Å². The summed E-state index contributed by atoms with van der Waals surface area (Å²) in [5, 5.41) is 2.90. The maximum atomic E-state index is 12.9. The van der Waals surface area contributed by atoms with E-state index in [2.05, 4.69) is 43.1 Å². The third-order valence-electron chi connectivity index (χ3n) is 6.48. The van der Waals surface area contributed by atoms with E-state index in [1.165, 1.54) is 22.7 Å². The van der Waals surface area contributed by atoms with Gasteiger partial charge >= 0.3 is 0 Å². The lowest BCUT2D eigenvalue weighted by atomic mass is 9.86. The molecule has 1 N–H and O–H groups in total. The summed E-state index contributed by atoms with van der Waals surface area (Å²) in [4.78, 5) is 15.4. The number of sulfonamides is 1. The van der Waals surface area contributed by atoms with Crippen LogP contribution in [0.5, 0.6) is 5.75 Å². The molecule has 7 nitrogen and oxygen atoms in total. The fourth-order valence-electron chi connectivity index (χ4n) is 4.43. The molecule has 4 rings (SSSR count). The molecule has 1 amide bonds. The molecule has 2 aromatic rings. The molecule has 0 aromatic heterocycles. The second-order valence-electron chi connectivity index (χ2n) is 10.4. The number of ether oxygens (including phenoxy) is 1. The van der Waals surface area contributed by atoms with Crippen molar-refractivity contribution < 1.29 is 17.9 Å². The minimum Gasteiger partial charge on any atom is -0.476 e. The lowest BCUT2D eigenvalue weighted by Crippen LogP contribution is -2.50. The van der Waals surface area contributed by atoms with Gasteiger partial charge in [0, 0.05) is 13.1 Å². The first-order valence-corrected chi connectivity index (χ1v) is 13.7. The second-order valence-corrected chi connectivity index (χ2v) is 12.3. The number of amides is 1. The fraction of sp³-hybridized carbons (Fsp3) is 0.500. The van der Waals surface area contributed by atoms with Gasteiger partial charge < -0.3 is 10.1 Å². The van der Waals surface area contributed by atoms with E-state index >= 15 is 0 Å². The Hall–Kier alpha value is -2.58. The van der Waals surface area contributed by atoms with Gasteiger partial charge in [0.15, 0.2) is 6.10 Å². The average Bonchev–Trinajstić information content (AvgIpc) is 3.29. The number of carbonyl (C=O) groups excluding carboxylic acids is 1. The zero-order valence-electron chi connectivity index (χ0n) is 20.5. The van der Waals surface area contributed by atoms with Gasteiger partial charge in [0.1, 0.15) is 5.75 Å². The number of hydrogen-bond acceptors (Lipinski definition) is 5. The lowest BCUT2D eigenvalue weighted by molar-refractivity contribution is -0.127. The van der Waals surface area contributed by atoms with Gasteiger partial charge in [0.2, 0.25) is 10.0 Å². The number of anilines is 1. The quantitative estimate of drug-likeness (QED) is 0.678. The van der Waals surface area contributed by atoms with Gasteiger partial charge in [-0.25, -0.2) is 8.42 Å². The first kappa shape index (κ1) is 24.5. The van der Waals surface area contributed by atoms with Crippen LogP contribution >= 0.6 is 0 Å². The summed E-state index contributed by atoms with van der Waals surface area (Å²) in [7, 11) is -3.58. The molecule has 0 bridgehead atoms. The van der Waals surface area contributed by atoms with Crippen LogP contribution < -0.4 is 14.4 Å². The Labute approximate surface area is 203 Å². The van der Waals surface area contributed by atoms with Crippen molar-refractivity contribution in [3.05, 3.63) is 59.2 Å². The minimum atomic E-state index is -3.58. The van der Waals surface area contributed by atoms with Crippen molar-refractivity contribution in [2.45, 2.75) is 58.2 Å². The summed E-state index contributed by atoms with van der Waals surface area (Å²) in [6, 6.07) is 13.8. The summed E-state index contributed by atoms with van der Waals surface area (Å²) >= 11 is 0. The molecule has 0 spiro atoms. The smallest absolute Gasteiger partial charge is 0.263 e. The number of carbonyl (C=O) groups is 1. The van der Waals surface area contributed by atoms with E-state index in [1.807, 2.05) is 24.3 Å². The van der Waals surface area contributed by atoms with Gasteiger partial charge in [-0.3, -0.25) is 14.0 Å². The molecule has 2 aliphatic rings. The first-order valence-electron chi connectivity index (χ1n) is 11.9. The van der Waals surface area contributed by atoms with Crippen LogP contribution in [0.3, 0.4) is 0 Å². The van der Waals surface area contributed by atoms with Crippen molar-refractivity contribution in [2.24, 2.45) is 0 Å². The summed E-state index contributed by atoms with van der Waals surface area (Å²) in [6.07, 6.45) is 2.78. The molecule has 2 aromatic carbocycles. The van der Waals surface area contributed by atoms with Crippen molar-refractivity contribution in [1.29, 1.82) is 0 Å². The summed E-state index contributed by atoms with van der Waals surface area (Å²) in [5.74, 6) is 0.0661. The van der Waals surface area contributed by atoms with Crippen LogP contribution in [0.25, 0.3) is 0 Å². The summed E-state index contributed by atoms with van der Waals surface area (Å²) in [6.45, 7) is 9.78. The van der Waals surface area contributed by atoms with Gasteiger partial charge in [0.05, 0.1) is 18.5 Å². The molecule has 34 heavy (non-hydrogen) atoms. The number of rotatable bonds is 6. The van der Waals surface area contributed by atoms with E-state index in [9.17, 15) is 13.2 Å². The molecular formula is C26H35N3O4S. The highest BCUT2D eigenvalue weighted by Crippen LogP contribution is 2.38. The number of fused-ring (bicyclic) bond motifs is 1. The highest BCUT2D eigenvalue weighted by atomic mass is 32.2. The van der Waals surface area contributed by atoms with E-state index in [-0.39, 0.29) is 17.9 Å². The van der Waals surface area contributed by atoms with Crippen LogP contribution in [0.15, 0.2) is 42.5 Å². The normalized spacial score (nSPS) is 18.9. The number of nitrogens with one attached hydrogen (secondary N) is 1. The monoisotopic (exact) mass is 485 g/mol. The molecule has 8 heteroatoms. The van der Waals surface area contributed by atoms with E-state index in [4.69, 9.17) is 4.74 Å². The van der Waals surface area contributed by atoms with Crippen molar-refractivity contribution in [1.82, 2.24) is 10.2 Å². The SMILES string of the molecule is CC(C)(C)c1ccc2c(c1)N(S(C)(=O)=O)C[C@@H](C(=O)NCc1ccc(CN3CCCC3)cc1)O2. The van der Waals surface area contributed by atoms with Crippen LogP contribution in [0.2, 0.25) is 0 Å². The van der Waals surface area contributed by atoms with Gasteiger partial charge in [-0.15, -0.1) is 0 Å². The summed E-state index contributed by atoms with van der Waals surface area (Å²) < 4.78 is 32.3. The van der Waals surface area contributed by atoms with Gasteiger partial charge in [0.25, 0.3) is 5.91 Å². The largest absolute Gasteiger partial charge is 0.476 e. The Balaban J connectivity index is 1.42. The molecule has 1 saturated heterocycles. The topological polar surface area (TPSA) is 79.0 Å². The highest BCUT2D eigenvalue weighted by molar-refractivity contribution is 7.92. The first-order chi connectivity index (χ1) is 16.0. The zero-order valence-corrected chi connectivity index (χ0v) is 21.3. The third-order valence-corrected chi connectivity index (χ3v) is 7.63. The number of hydrogen-bond donors (Lipinski definition) is 1. The minimum absolute atomic E-state index is 0.0555. The van der Waals surface area contributed by atoms with E-state index in [1.54, 1.807) is 6.07 Å². The van der Waals surface area contributed by atoms with Crippen molar-refractivity contribution in [3.8, 4) is 5.75 Å². The van der Waals surface area contributed by atoms with Crippen molar-refractivity contribution in [2.75, 3.05) is 30.2 Å². The predicted octanol–water partition coefficient (Wildman–Crippen LogP) is 3.42. The maximum Gasteiger partial charge on any atom is 0.263 e. The molecule has 2 aliphatic heterocycles. The van der Waals surface area contributed by atoms with Crippen LogP contribution in [0, 0.1) is 0 Å². The third kappa shape index (κ3) is 5.73. The van der Waals surface area contributed by atoms with Gasteiger partial charge in [-0.1, -0.05) is 51.1 Å². The Morgan fingerprint density at radius 1 is 1.06 bits per heavy atom. The molecular weight excluding hydrogens is 450 g/mol. The Kier molecular flexibility index (Phi) is 6.92. The standard InChI is InChI=1S/C26H35N3O4S/c1-26(2,3)21-11-12-23-22(15-21)29(34(4,31)32)18-24(33-23)25(30)27-16-19-7-9-20(10-8-19)17-28-13-5-6-14-28/h7-12,15,24H,5-6,13-14,16-18H2,1-4H3,(H,27,30)/t24-/m0/s1. The van der Waals surface area contributed by atoms with Crippen LogP contribution in [-0.4, -0.2) is 51.2 Å². The number of benzene rings is 2. The molecule has 0 unspecified atom stereocenters. The van der Waals surface area contributed by atoms with E-state index in [0.29, 0.717) is 18.0 Å². The van der Waals surface area contributed by atoms with Gasteiger partial charge in [-0.2, -0.15) is 0 Å². The van der Waals surface area contributed by atoms with Crippen LogP contribution in [0.1, 0.15) is 50.3 Å². The average molecular weight is 486 g/mol. The molecule has 0 radical (unpaired) electrons. The molecule has 184 valence electrons. The maximum absolute atomic E-state index is 12.9. The molecule has 0 aliphatic carbocycles. The highest BCUT2D eigenvalue weighted by Gasteiger charge is 2.35. The number of likely N-dealkylation sites (tertiary alicyclic amines) is 1.